The molecule has 5 heteroatoms. The molecule has 0 fully saturated rings. The lowest BCUT2D eigenvalue weighted by atomic mass is 10.4. The van der Waals surface area contributed by atoms with Crippen molar-refractivity contribution in [2.75, 3.05) is 32.1 Å². The number of nitrogens with one attached hydrogen (secondary N) is 2. The number of amides is 1. The van der Waals surface area contributed by atoms with Gasteiger partial charge in [-0.15, -0.1) is 0 Å². The second kappa shape index (κ2) is 6.78. The number of ether oxygens (including phenoxy) is 1. The fraction of sp³-hybridized carbons (Fsp3) is 0.400. The summed E-state index contributed by atoms with van der Waals surface area (Å²) in [7, 11) is 1.60. The van der Waals surface area contributed by atoms with Crippen LogP contribution in [0.4, 0.5) is 5.69 Å². The Morgan fingerprint density at radius 1 is 1.47 bits per heavy atom. The predicted octanol–water partition coefficient (Wildman–Crippen LogP) is 0.256. The van der Waals surface area contributed by atoms with Gasteiger partial charge in [0.25, 0.3) is 0 Å². The van der Waals surface area contributed by atoms with Crippen LogP contribution < -0.4 is 10.6 Å². The van der Waals surface area contributed by atoms with Gasteiger partial charge in [-0.3, -0.25) is 9.78 Å². The minimum atomic E-state index is -0.0520. The second-order valence-electron chi connectivity index (χ2n) is 2.93. The van der Waals surface area contributed by atoms with Gasteiger partial charge in [0, 0.05) is 31.7 Å². The van der Waals surface area contributed by atoms with Gasteiger partial charge in [0.05, 0.1) is 13.2 Å². The Morgan fingerprint density at radius 3 is 2.87 bits per heavy atom. The first-order chi connectivity index (χ1) is 7.33. The smallest absolute Gasteiger partial charge is 0.239 e. The predicted molar refractivity (Wildman–Crippen MR) is 57.6 cm³/mol. The Labute approximate surface area is 88.9 Å². The van der Waals surface area contributed by atoms with Crippen LogP contribution in [0, 0.1) is 0 Å². The molecule has 0 aliphatic rings. The summed E-state index contributed by atoms with van der Waals surface area (Å²) in [5, 5.41) is 5.69. The molecule has 1 heterocycles. The maximum absolute atomic E-state index is 11.2. The molecule has 82 valence electrons. The fourth-order valence-corrected chi connectivity index (χ4v) is 1.01. The van der Waals surface area contributed by atoms with Gasteiger partial charge in [-0.25, -0.2) is 0 Å². The molecule has 1 amide bonds. The summed E-state index contributed by atoms with van der Waals surface area (Å²) in [5.41, 5.74) is 0.881. The monoisotopic (exact) mass is 209 g/mol. The molecule has 1 aromatic heterocycles. The number of aromatic nitrogens is 1. The minimum Gasteiger partial charge on any atom is -0.383 e. The van der Waals surface area contributed by atoms with E-state index in [4.69, 9.17) is 4.74 Å². The molecule has 0 aromatic carbocycles. The van der Waals surface area contributed by atoms with Gasteiger partial charge in [0.2, 0.25) is 5.91 Å². The summed E-state index contributed by atoms with van der Waals surface area (Å²) in [6.07, 6.45) is 3.34. The van der Waals surface area contributed by atoms with E-state index in [1.54, 1.807) is 19.5 Å². The Hall–Kier alpha value is -1.62. The zero-order chi connectivity index (χ0) is 10.9. The number of hydrogen-bond acceptors (Lipinski definition) is 4. The number of carbonyl (C=O) groups excluding carboxylic acids is 1. The van der Waals surface area contributed by atoms with Crippen molar-refractivity contribution >= 4 is 11.6 Å². The number of carbonyl (C=O) groups is 1. The van der Waals surface area contributed by atoms with E-state index >= 15 is 0 Å². The van der Waals surface area contributed by atoms with Crippen molar-refractivity contribution in [3.63, 3.8) is 0 Å². The van der Waals surface area contributed by atoms with Crippen LogP contribution in [-0.2, 0) is 9.53 Å². The van der Waals surface area contributed by atoms with Crippen LogP contribution in [0.3, 0.4) is 0 Å². The number of methoxy groups -OCH3 is 1. The molecule has 0 bridgehead atoms. The summed E-state index contributed by atoms with van der Waals surface area (Å²) in [5.74, 6) is -0.0520. The molecular formula is C10H15N3O2. The molecule has 5 nitrogen and oxygen atoms in total. The lowest BCUT2D eigenvalue weighted by Gasteiger charge is -2.06. The van der Waals surface area contributed by atoms with Gasteiger partial charge >= 0.3 is 0 Å². The highest BCUT2D eigenvalue weighted by molar-refractivity contribution is 5.80. The summed E-state index contributed by atoms with van der Waals surface area (Å²) in [6.45, 7) is 1.32. The van der Waals surface area contributed by atoms with Crippen LogP contribution in [0.25, 0.3) is 0 Å². The molecule has 0 atom stereocenters. The van der Waals surface area contributed by atoms with E-state index in [9.17, 15) is 4.79 Å². The summed E-state index contributed by atoms with van der Waals surface area (Å²) in [4.78, 5) is 15.1. The summed E-state index contributed by atoms with van der Waals surface area (Å²) >= 11 is 0. The van der Waals surface area contributed by atoms with E-state index in [0.29, 0.717) is 13.2 Å². The molecule has 0 radical (unpaired) electrons. The van der Waals surface area contributed by atoms with E-state index in [1.165, 1.54) is 0 Å². The third-order valence-corrected chi connectivity index (χ3v) is 1.76. The third-order valence-electron chi connectivity index (χ3n) is 1.76. The third kappa shape index (κ3) is 4.97. The first-order valence-electron chi connectivity index (χ1n) is 4.72. The van der Waals surface area contributed by atoms with Crippen LogP contribution in [0.1, 0.15) is 0 Å². The Kier molecular flexibility index (Phi) is 5.18. The fourth-order valence-electron chi connectivity index (χ4n) is 1.01. The minimum absolute atomic E-state index is 0.0520. The van der Waals surface area contributed by atoms with Gasteiger partial charge in [0.15, 0.2) is 0 Å². The van der Waals surface area contributed by atoms with Crippen LogP contribution in [0.15, 0.2) is 24.5 Å². The first kappa shape index (κ1) is 11.5. The average molecular weight is 209 g/mol. The van der Waals surface area contributed by atoms with Gasteiger partial charge in [0.1, 0.15) is 0 Å². The Bertz CT molecular complexity index is 290. The largest absolute Gasteiger partial charge is 0.383 e. The lowest BCUT2D eigenvalue weighted by molar-refractivity contribution is -0.119. The normalized spacial score (nSPS) is 9.67. The second-order valence-corrected chi connectivity index (χ2v) is 2.93. The molecular weight excluding hydrogens is 194 g/mol. The van der Waals surface area contributed by atoms with Crippen molar-refractivity contribution in [1.82, 2.24) is 10.3 Å². The highest BCUT2D eigenvalue weighted by Gasteiger charge is 1.99. The van der Waals surface area contributed by atoms with Gasteiger partial charge in [-0.2, -0.15) is 0 Å². The van der Waals surface area contributed by atoms with Crippen LogP contribution in [-0.4, -0.2) is 37.7 Å². The molecule has 2 N–H and O–H groups in total. The number of nitrogens with zero attached hydrogens (tertiary/aromatic N) is 1. The maximum Gasteiger partial charge on any atom is 0.239 e. The Balaban J connectivity index is 2.17. The van der Waals surface area contributed by atoms with Crippen molar-refractivity contribution < 1.29 is 9.53 Å². The quantitative estimate of drug-likeness (QED) is 0.659. The van der Waals surface area contributed by atoms with E-state index in [2.05, 4.69) is 15.6 Å². The zero-order valence-corrected chi connectivity index (χ0v) is 8.69. The number of anilines is 1. The van der Waals surface area contributed by atoms with Crippen molar-refractivity contribution in [2.45, 2.75) is 0 Å². The van der Waals surface area contributed by atoms with Crippen molar-refractivity contribution in [2.24, 2.45) is 0 Å². The molecule has 1 aromatic rings. The van der Waals surface area contributed by atoms with Crippen LogP contribution in [0.2, 0.25) is 0 Å². The maximum atomic E-state index is 11.2. The molecule has 0 unspecified atom stereocenters. The first-order valence-corrected chi connectivity index (χ1v) is 4.72. The topological polar surface area (TPSA) is 63.2 Å². The van der Waals surface area contributed by atoms with Gasteiger partial charge in [-0.1, -0.05) is 0 Å². The molecule has 15 heavy (non-hydrogen) atoms. The number of pyridine rings is 1. The summed E-state index contributed by atoms with van der Waals surface area (Å²) in [6, 6.07) is 3.62. The Morgan fingerprint density at radius 2 is 2.20 bits per heavy atom. The SMILES string of the molecule is COCCNC(=O)CNc1ccncc1. The molecule has 0 aliphatic carbocycles. The number of rotatable bonds is 6. The molecule has 0 saturated heterocycles. The molecule has 0 aliphatic heterocycles. The number of hydrogen-bond donors (Lipinski definition) is 2. The van der Waals surface area contributed by atoms with E-state index < -0.39 is 0 Å². The van der Waals surface area contributed by atoms with Gasteiger partial charge < -0.3 is 15.4 Å². The van der Waals surface area contributed by atoms with E-state index in [-0.39, 0.29) is 12.5 Å². The zero-order valence-electron chi connectivity index (χ0n) is 8.69. The molecule has 0 saturated carbocycles. The van der Waals surface area contributed by atoms with Crippen LogP contribution >= 0.6 is 0 Å². The van der Waals surface area contributed by atoms with E-state index in [0.717, 1.165) is 5.69 Å². The van der Waals surface area contributed by atoms with Crippen molar-refractivity contribution in [3.05, 3.63) is 24.5 Å². The van der Waals surface area contributed by atoms with E-state index in [1.807, 2.05) is 12.1 Å². The lowest BCUT2D eigenvalue weighted by Crippen LogP contribution is -2.32. The van der Waals surface area contributed by atoms with Crippen LogP contribution in [0.5, 0.6) is 0 Å². The summed E-state index contributed by atoms with van der Waals surface area (Å²) < 4.78 is 4.81. The standard InChI is InChI=1S/C10H15N3O2/c1-15-7-6-12-10(14)8-13-9-2-4-11-5-3-9/h2-5H,6-8H2,1H3,(H,11,13)(H,12,14). The highest BCUT2D eigenvalue weighted by Crippen LogP contribution is 2.01. The van der Waals surface area contributed by atoms with Gasteiger partial charge in [-0.05, 0) is 12.1 Å². The average Bonchev–Trinajstić information content (AvgIpc) is 2.28. The van der Waals surface area contributed by atoms with Crippen molar-refractivity contribution in [3.8, 4) is 0 Å². The molecule has 1 rings (SSSR count). The molecule has 0 spiro atoms. The van der Waals surface area contributed by atoms with Crippen molar-refractivity contribution in [1.29, 1.82) is 0 Å². The highest BCUT2D eigenvalue weighted by atomic mass is 16.5.